The van der Waals surface area contributed by atoms with Crippen molar-refractivity contribution in [1.29, 1.82) is 0 Å². The average molecular weight is 275 g/mol. The fourth-order valence-electron chi connectivity index (χ4n) is 1.79. The molecule has 1 aromatic carbocycles. The zero-order valence-corrected chi connectivity index (χ0v) is 11.9. The van der Waals surface area contributed by atoms with Crippen molar-refractivity contribution in [2.45, 2.75) is 6.92 Å². The molecule has 2 aromatic rings. The van der Waals surface area contributed by atoms with Crippen molar-refractivity contribution in [1.82, 2.24) is 9.78 Å². The number of ether oxygens (including phenoxy) is 2. The Kier molecular flexibility index (Phi) is 3.93. The van der Waals surface area contributed by atoms with Crippen molar-refractivity contribution in [2.24, 2.45) is 7.05 Å². The van der Waals surface area contributed by atoms with Crippen molar-refractivity contribution < 1.29 is 14.3 Å². The fraction of sp³-hybridized carbons (Fsp3) is 0.286. The lowest BCUT2D eigenvalue weighted by molar-refractivity contribution is 0.102. The van der Waals surface area contributed by atoms with Gasteiger partial charge in [-0.15, -0.1) is 0 Å². The minimum atomic E-state index is -0.275. The smallest absolute Gasteiger partial charge is 0.260 e. The van der Waals surface area contributed by atoms with Gasteiger partial charge in [0.05, 0.1) is 19.8 Å². The lowest BCUT2D eigenvalue weighted by Crippen LogP contribution is -2.13. The van der Waals surface area contributed by atoms with Crippen molar-refractivity contribution in [3.63, 3.8) is 0 Å². The highest BCUT2D eigenvalue weighted by molar-refractivity contribution is 6.05. The standard InChI is InChI=1S/C14H17N3O3/c1-9-7-13(16-17(9)2)15-14(18)11-6-5-10(19-3)8-12(11)20-4/h5-8H,1-4H3,(H,15,16,18). The molecule has 0 atom stereocenters. The number of nitrogens with zero attached hydrogens (tertiary/aromatic N) is 2. The SMILES string of the molecule is COc1ccc(C(=O)Nc2cc(C)n(C)n2)c(OC)c1. The van der Waals surface area contributed by atoms with E-state index in [2.05, 4.69) is 10.4 Å². The molecule has 2 rings (SSSR count). The summed E-state index contributed by atoms with van der Waals surface area (Å²) in [4.78, 5) is 12.2. The van der Waals surface area contributed by atoms with Crippen molar-refractivity contribution in [3.05, 3.63) is 35.5 Å². The third kappa shape index (κ3) is 2.74. The Bertz CT molecular complexity index is 615. The van der Waals surface area contributed by atoms with E-state index < -0.39 is 0 Å². The van der Waals surface area contributed by atoms with Crippen LogP contribution in [0, 0.1) is 6.92 Å². The number of hydrogen-bond donors (Lipinski definition) is 1. The number of carbonyl (C=O) groups excluding carboxylic acids is 1. The Morgan fingerprint density at radius 1 is 1.25 bits per heavy atom. The molecule has 0 unspecified atom stereocenters. The van der Waals surface area contributed by atoms with Gasteiger partial charge >= 0.3 is 0 Å². The first kappa shape index (κ1) is 13.9. The summed E-state index contributed by atoms with van der Waals surface area (Å²) in [6.45, 7) is 1.91. The van der Waals surface area contributed by atoms with Gasteiger partial charge in [-0.2, -0.15) is 5.10 Å². The molecule has 0 aliphatic rings. The van der Waals surface area contributed by atoms with E-state index in [0.717, 1.165) is 5.69 Å². The van der Waals surface area contributed by atoms with Crippen molar-refractivity contribution in [2.75, 3.05) is 19.5 Å². The molecule has 6 heteroatoms. The minimum absolute atomic E-state index is 0.275. The topological polar surface area (TPSA) is 65.4 Å². The summed E-state index contributed by atoms with van der Waals surface area (Å²) in [5, 5.41) is 6.92. The van der Waals surface area contributed by atoms with E-state index in [1.54, 1.807) is 36.1 Å². The number of aromatic nitrogens is 2. The van der Waals surface area contributed by atoms with Gasteiger partial charge in [-0.25, -0.2) is 0 Å². The van der Waals surface area contributed by atoms with Crippen LogP contribution in [-0.2, 0) is 7.05 Å². The second-order valence-corrected chi connectivity index (χ2v) is 4.31. The van der Waals surface area contributed by atoms with Crippen LogP contribution in [0.4, 0.5) is 5.82 Å². The largest absolute Gasteiger partial charge is 0.497 e. The zero-order chi connectivity index (χ0) is 14.7. The number of aryl methyl sites for hydroxylation is 2. The van der Waals surface area contributed by atoms with E-state index in [9.17, 15) is 4.79 Å². The Morgan fingerprint density at radius 3 is 2.55 bits per heavy atom. The normalized spacial score (nSPS) is 10.2. The van der Waals surface area contributed by atoms with Crippen LogP contribution in [0.1, 0.15) is 16.1 Å². The molecule has 0 saturated carbocycles. The highest BCUT2D eigenvalue weighted by Crippen LogP contribution is 2.25. The molecular formula is C14H17N3O3. The molecule has 0 bridgehead atoms. The van der Waals surface area contributed by atoms with Crippen LogP contribution in [0.15, 0.2) is 24.3 Å². The predicted octanol–water partition coefficient (Wildman–Crippen LogP) is 2.00. The number of benzene rings is 1. The molecule has 0 aliphatic heterocycles. The number of hydrogen-bond acceptors (Lipinski definition) is 4. The molecule has 0 spiro atoms. The van der Waals surface area contributed by atoms with Gasteiger partial charge in [-0.1, -0.05) is 0 Å². The number of rotatable bonds is 4. The molecule has 106 valence electrons. The van der Waals surface area contributed by atoms with E-state index in [-0.39, 0.29) is 5.91 Å². The van der Waals surface area contributed by atoms with Crippen LogP contribution >= 0.6 is 0 Å². The van der Waals surface area contributed by atoms with Crippen molar-refractivity contribution >= 4 is 11.7 Å². The first-order valence-electron chi connectivity index (χ1n) is 6.09. The highest BCUT2D eigenvalue weighted by Gasteiger charge is 2.14. The fourth-order valence-corrected chi connectivity index (χ4v) is 1.79. The molecule has 0 aliphatic carbocycles. The van der Waals surface area contributed by atoms with Gasteiger partial charge in [0.25, 0.3) is 5.91 Å². The molecule has 1 heterocycles. The summed E-state index contributed by atoms with van der Waals surface area (Å²) in [5.74, 6) is 1.32. The molecule has 0 radical (unpaired) electrons. The predicted molar refractivity (Wildman–Crippen MR) is 75.4 cm³/mol. The van der Waals surface area contributed by atoms with Gasteiger partial charge in [-0.05, 0) is 19.1 Å². The highest BCUT2D eigenvalue weighted by atomic mass is 16.5. The van der Waals surface area contributed by atoms with Gasteiger partial charge in [0.2, 0.25) is 0 Å². The van der Waals surface area contributed by atoms with E-state index in [0.29, 0.717) is 22.9 Å². The number of anilines is 1. The number of methoxy groups -OCH3 is 2. The van der Waals surface area contributed by atoms with E-state index in [1.165, 1.54) is 7.11 Å². The first-order valence-corrected chi connectivity index (χ1v) is 6.09. The summed E-state index contributed by atoms with van der Waals surface area (Å²) in [6, 6.07) is 6.83. The minimum Gasteiger partial charge on any atom is -0.497 e. The van der Waals surface area contributed by atoms with E-state index in [4.69, 9.17) is 9.47 Å². The Hall–Kier alpha value is -2.50. The zero-order valence-electron chi connectivity index (χ0n) is 11.9. The quantitative estimate of drug-likeness (QED) is 0.926. The van der Waals surface area contributed by atoms with Gasteiger partial charge in [0, 0.05) is 24.9 Å². The maximum absolute atomic E-state index is 12.2. The maximum atomic E-state index is 12.2. The Morgan fingerprint density at radius 2 is 2.00 bits per heavy atom. The summed E-state index contributed by atoms with van der Waals surface area (Å²) in [5.41, 5.74) is 1.39. The molecule has 0 fully saturated rings. The molecular weight excluding hydrogens is 258 g/mol. The van der Waals surface area contributed by atoms with E-state index in [1.807, 2.05) is 14.0 Å². The van der Waals surface area contributed by atoms with E-state index >= 15 is 0 Å². The Labute approximate surface area is 117 Å². The average Bonchev–Trinajstić information content (AvgIpc) is 2.76. The van der Waals surface area contributed by atoms with Crippen LogP contribution in [0.2, 0.25) is 0 Å². The summed E-state index contributed by atoms with van der Waals surface area (Å²) in [7, 11) is 4.89. The van der Waals surface area contributed by atoms with Gasteiger partial charge in [-0.3, -0.25) is 9.48 Å². The number of carbonyl (C=O) groups is 1. The molecule has 1 aromatic heterocycles. The molecule has 0 saturated heterocycles. The van der Waals surface area contributed by atoms with Gasteiger partial charge in [0.1, 0.15) is 11.5 Å². The summed E-state index contributed by atoms with van der Waals surface area (Å²) in [6.07, 6.45) is 0. The van der Waals surface area contributed by atoms with Gasteiger partial charge in [0.15, 0.2) is 5.82 Å². The first-order chi connectivity index (χ1) is 9.55. The number of amides is 1. The lowest BCUT2D eigenvalue weighted by Gasteiger charge is -2.09. The molecule has 6 nitrogen and oxygen atoms in total. The van der Waals surface area contributed by atoms with Crippen LogP contribution in [0.3, 0.4) is 0 Å². The third-order valence-electron chi connectivity index (χ3n) is 3.01. The lowest BCUT2D eigenvalue weighted by atomic mass is 10.1. The third-order valence-corrected chi connectivity index (χ3v) is 3.01. The van der Waals surface area contributed by atoms with Crippen molar-refractivity contribution in [3.8, 4) is 11.5 Å². The van der Waals surface area contributed by atoms with Crippen LogP contribution < -0.4 is 14.8 Å². The second kappa shape index (κ2) is 5.64. The van der Waals surface area contributed by atoms with Gasteiger partial charge < -0.3 is 14.8 Å². The maximum Gasteiger partial charge on any atom is 0.260 e. The molecule has 1 N–H and O–H groups in total. The molecule has 20 heavy (non-hydrogen) atoms. The second-order valence-electron chi connectivity index (χ2n) is 4.31. The number of nitrogens with one attached hydrogen (secondary N) is 1. The summed E-state index contributed by atoms with van der Waals surface area (Å²) < 4.78 is 12.0. The molecule has 1 amide bonds. The van der Waals surface area contributed by atoms with Crippen LogP contribution in [0.5, 0.6) is 11.5 Å². The monoisotopic (exact) mass is 275 g/mol. The Balaban J connectivity index is 2.24. The summed E-state index contributed by atoms with van der Waals surface area (Å²) >= 11 is 0. The van der Waals surface area contributed by atoms with Crippen LogP contribution in [-0.4, -0.2) is 29.9 Å². The van der Waals surface area contributed by atoms with Crippen LogP contribution in [0.25, 0.3) is 0 Å².